The molecule has 3 rings (SSSR count). The van der Waals surface area contributed by atoms with Crippen molar-refractivity contribution in [3.8, 4) is 16.9 Å². The summed E-state index contributed by atoms with van der Waals surface area (Å²) in [4.78, 5) is 16.2. The molecule has 58 valence electrons. The van der Waals surface area contributed by atoms with E-state index in [0.717, 1.165) is 16.9 Å². The first-order chi connectivity index (χ1) is 5.88. The third-order valence-electron chi connectivity index (χ3n) is 2.06. The number of hydrogen-bond donors (Lipinski definition) is 1. The molecule has 0 aromatic heterocycles. The lowest BCUT2D eigenvalue weighted by Crippen LogP contribution is -2.05. The maximum Gasteiger partial charge on any atom is 0.216 e. The minimum Gasteiger partial charge on any atom is -0.381 e. The summed E-state index contributed by atoms with van der Waals surface area (Å²) in [5.74, 6) is 0.724. The zero-order valence-corrected chi connectivity index (χ0v) is 6.13. The molecule has 0 spiro atoms. The summed E-state index contributed by atoms with van der Waals surface area (Å²) < 4.78 is 0. The van der Waals surface area contributed by atoms with Crippen molar-refractivity contribution in [3.05, 3.63) is 34.5 Å². The van der Waals surface area contributed by atoms with E-state index in [-0.39, 0.29) is 5.43 Å². The molecule has 0 bridgehead atoms. The molecule has 2 aromatic rings. The first kappa shape index (κ1) is 5.83. The van der Waals surface area contributed by atoms with Gasteiger partial charge in [-0.1, -0.05) is 18.2 Å². The van der Waals surface area contributed by atoms with Crippen LogP contribution in [-0.2, 0) is 0 Å². The fourth-order valence-corrected chi connectivity index (χ4v) is 1.39. The zero-order chi connectivity index (χ0) is 8.13. The summed E-state index contributed by atoms with van der Waals surface area (Å²) in [5, 5.41) is 0. The standard InChI is InChI=1S/C9H5NO2/c11-9-7-5-3-1-2-4-6(5)12-10-8(7)9/h1-4,10H. The molecule has 12 heavy (non-hydrogen) atoms. The van der Waals surface area contributed by atoms with Gasteiger partial charge >= 0.3 is 0 Å². The van der Waals surface area contributed by atoms with Crippen molar-refractivity contribution in [1.29, 1.82) is 0 Å². The Kier molecular flexibility index (Phi) is 0.821. The number of benzene rings is 1. The van der Waals surface area contributed by atoms with E-state index in [9.17, 15) is 4.79 Å². The van der Waals surface area contributed by atoms with Crippen LogP contribution in [0, 0.1) is 0 Å². The summed E-state index contributed by atoms with van der Waals surface area (Å²) >= 11 is 0. The smallest absolute Gasteiger partial charge is 0.216 e. The van der Waals surface area contributed by atoms with Crippen LogP contribution < -0.4 is 15.7 Å². The molecule has 0 radical (unpaired) electrons. The van der Waals surface area contributed by atoms with Crippen molar-refractivity contribution < 1.29 is 4.84 Å². The molecular formula is C9H5NO2. The first-order valence-electron chi connectivity index (χ1n) is 3.69. The molecule has 0 aliphatic carbocycles. The topological polar surface area (TPSA) is 38.3 Å². The van der Waals surface area contributed by atoms with Gasteiger partial charge in [-0.05, 0) is 6.07 Å². The minimum absolute atomic E-state index is 0.0694. The summed E-state index contributed by atoms with van der Waals surface area (Å²) in [5.41, 5.74) is 4.94. The molecule has 0 amide bonds. The Hall–Kier alpha value is -1.77. The first-order valence-corrected chi connectivity index (χ1v) is 3.69. The summed E-state index contributed by atoms with van der Waals surface area (Å²) in [7, 11) is 0. The maximum atomic E-state index is 11.1. The van der Waals surface area contributed by atoms with Crippen LogP contribution in [0.4, 0.5) is 5.69 Å². The van der Waals surface area contributed by atoms with E-state index in [2.05, 4.69) is 5.48 Å². The van der Waals surface area contributed by atoms with Gasteiger partial charge in [0.2, 0.25) is 5.43 Å². The molecule has 3 heteroatoms. The Bertz CT molecular complexity index is 466. The number of hydrogen-bond acceptors (Lipinski definition) is 3. The molecular weight excluding hydrogens is 154 g/mol. The van der Waals surface area contributed by atoms with Gasteiger partial charge in [-0.15, -0.1) is 0 Å². The highest BCUT2D eigenvalue weighted by Gasteiger charge is 2.30. The fourth-order valence-electron chi connectivity index (χ4n) is 1.39. The van der Waals surface area contributed by atoms with Crippen LogP contribution in [0.5, 0.6) is 5.75 Å². The second-order valence-electron chi connectivity index (χ2n) is 2.78. The van der Waals surface area contributed by atoms with Gasteiger partial charge in [0.15, 0.2) is 5.75 Å². The van der Waals surface area contributed by atoms with Gasteiger partial charge < -0.3 is 4.84 Å². The maximum absolute atomic E-state index is 11.1. The van der Waals surface area contributed by atoms with Crippen molar-refractivity contribution in [1.82, 2.24) is 0 Å². The molecule has 0 saturated carbocycles. The van der Waals surface area contributed by atoms with Crippen LogP contribution in [0.2, 0.25) is 0 Å². The zero-order valence-electron chi connectivity index (χ0n) is 6.13. The van der Waals surface area contributed by atoms with Crippen LogP contribution in [0.15, 0.2) is 29.1 Å². The molecule has 1 N–H and O–H groups in total. The Labute approximate surface area is 68.2 Å². The molecule has 3 nitrogen and oxygen atoms in total. The lowest BCUT2D eigenvalue weighted by atomic mass is 10.1. The quantitative estimate of drug-likeness (QED) is 0.629. The van der Waals surface area contributed by atoms with Gasteiger partial charge in [0.05, 0.1) is 5.56 Å². The fraction of sp³-hybridized carbons (Fsp3) is 0. The van der Waals surface area contributed by atoms with Gasteiger partial charge in [0.1, 0.15) is 5.69 Å². The summed E-state index contributed by atoms with van der Waals surface area (Å²) in [6.07, 6.45) is 0. The molecule has 2 aromatic carbocycles. The van der Waals surface area contributed by atoms with E-state index in [4.69, 9.17) is 4.84 Å². The molecule has 0 unspecified atom stereocenters. The average Bonchev–Trinajstić information content (AvgIpc) is 2.78. The summed E-state index contributed by atoms with van der Waals surface area (Å²) in [6, 6.07) is 7.48. The van der Waals surface area contributed by atoms with Gasteiger partial charge in [-0.2, -0.15) is 0 Å². The largest absolute Gasteiger partial charge is 0.381 e. The number of nitrogens with one attached hydrogen (secondary N) is 1. The van der Waals surface area contributed by atoms with Crippen LogP contribution in [0.3, 0.4) is 0 Å². The van der Waals surface area contributed by atoms with Crippen molar-refractivity contribution in [2.75, 3.05) is 5.48 Å². The Balaban J connectivity index is 2.30. The number of fused-ring (bicyclic) bond motifs is 3. The Morgan fingerprint density at radius 1 is 1.25 bits per heavy atom. The van der Waals surface area contributed by atoms with Crippen LogP contribution in [0.1, 0.15) is 0 Å². The van der Waals surface area contributed by atoms with Crippen molar-refractivity contribution in [2.45, 2.75) is 0 Å². The highest BCUT2D eigenvalue weighted by atomic mass is 16.6. The van der Waals surface area contributed by atoms with Crippen molar-refractivity contribution >= 4 is 5.69 Å². The number of para-hydroxylation sites is 1. The average molecular weight is 159 g/mol. The molecule has 0 atom stereocenters. The second kappa shape index (κ2) is 1.69. The van der Waals surface area contributed by atoms with Gasteiger partial charge in [0, 0.05) is 5.56 Å². The number of anilines is 1. The van der Waals surface area contributed by atoms with E-state index in [0.29, 0.717) is 5.69 Å². The SMILES string of the molecule is O=c1c2c1-c1ccccc1ON2. The summed E-state index contributed by atoms with van der Waals surface area (Å²) in [6.45, 7) is 0. The van der Waals surface area contributed by atoms with Gasteiger partial charge in [-0.3, -0.25) is 4.79 Å². The second-order valence-corrected chi connectivity index (χ2v) is 2.78. The minimum atomic E-state index is 0.0694. The van der Waals surface area contributed by atoms with E-state index < -0.39 is 0 Å². The molecule has 1 heterocycles. The molecule has 1 aliphatic rings. The molecule has 1 aliphatic heterocycles. The highest BCUT2D eigenvalue weighted by molar-refractivity contribution is 5.93. The predicted octanol–water partition coefficient (Wildman–Crippen LogP) is 1.31. The van der Waals surface area contributed by atoms with Crippen LogP contribution >= 0.6 is 0 Å². The lowest BCUT2D eigenvalue weighted by molar-refractivity contribution is 0.405. The predicted molar refractivity (Wildman–Crippen MR) is 44.8 cm³/mol. The Morgan fingerprint density at radius 3 is 3.00 bits per heavy atom. The lowest BCUT2D eigenvalue weighted by Gasteiger charge is -2.10. The monoisotopic (exact) mass is 159 g/mol. The molecule has 0 saturated heterocycles. The van der Waals surface area contributed by atoms with E-state index in [1.165, 1.54) is 0 Å². The third-order valence-corrected chi connectivity index (χ3v) is 2.06. The van der Waals surface area contributed by atoms with Crippen LogP contribution in [0.25, 0.3) is 11.1 Å². The molecule has 0 fully saturated rings. The van der Waals surface area contributed by atoms with Crippen molar-refractivity contribution in [2.24, 2.45) is 0 Å². The third kappa shape index (κ3) is 0.540. The Morgan fingerprint density at radius 2 is 2.08 bits per heavy atom. The van der Waals surface area contributed by atoms with E-state index in [1.54, 1.807) is 0 Å². The van der Waals surface area contributed by atoms with Crippen molar-refractivity contribution in [3.63, 3.8) is 0 Å². The van der Waals surface area contributed by atoms with Gasteiger partial charge in [-0.25, -0.2) is 5.48 Å². The van der Waals surface area contributed by atoms with Crippen LogP contribution in [-0.4, -0.2) is 0 Å². The number of rotatable bonds is 0. The van der Waals surface area contributed by atoms with E-state index >= 15 is 0 Å². The van der Waals surface area contributed by atoms with Gasteiger partial charge in [0.25, 0.3) is 0 Å². The normalized spacial score (nSPS) is 13.0. The van der Waals surface area contributed by atoms with E-state index in [1.807, 2.05) is 24.3 Å². The highest BCUT2D eigenvalue weighted by Crippen LogP contribution is 2.40.